The first-order valence-electron chi connectivity index (χ1n) is 5.63. The van der Waals surface area contributed by atoms with Gasteiger partial charge in [-0.15, -0.1) is 0 Å². The number of carboxylic acid groups (broad SMARTS) is 1. The average molecular weight is 372 g/mol. The molecule has 0 heterocycles. The molecule has 0 radical (unpaired) electrons. The molecule has 2 N–H and O–H groups in total. The van der Waals surface area contributed by atoms with Gasteiger partial charge in [-0.2, -0.15) is 0 Å². The van der Waals surface area contributed by atoms with Crippen LogP contribution < -0.4 is 5.32 Å². The van der Waals surface area contributed by atoms with Gasteiger partial charge in [-0.05, 0) is 46.3 Å². The standard InChI is InChI=1S/C13H8BrClN2O4/c14-9-5-4-7(15)6-11(9)16-10-3-1-2-8(13(18)19)12(10)17(20)21/h1-6,16H,(H,18,19). The third-order valence-electron chi connectivity index (χ3n) is 2.65. The van der Waals surface area contributed by atoms with Crippen LogP contribution >= 0.6 is 27.5 Å². The van der Waals surface area contributed by atoms with Gasteiger partial charge >= 0.3 is 11.7 Å². The highest BCUT2D eigenvalue weighted by Gasteiger charge is 2.24. The fraction of sp³-hybridized carbons (Fsp3) is 0. The van der Waals surface area contributed by atoms with E-state index in [0.29, 0.717) is 15.2 Å². The molecule has 0 unspecified atom stereocenters. The molecule has 8 heteroatoms. The summed E-state index contributed by atoms with van der Waals surface area (Å²) < 4.78 is 0.641. The number of halogens is 2. The van der Waals surface area contributed by atoms with Crippen LogP contribution in [0.1, 0.15) is 10.4 Å². The van der Waals surface area contributed by atoms with Gasteiger partial charge in [0.25, 0.3) is 0 Å². The molecule has 0 atom stereocenters. The number of nitro benzene ring substituents is 1. The predicted molar refractivity (Wildman–Crippen MR) is 82.5 cm³/mol. The molecule has 0 saturated heterocycles. The number of para-hydroxylation sites is 1. The molecule has 0 saturated carbocycles. The topological polar surface area (TPSA) is 92.5 Å². The van der Waals surface area contributed by atoms with Gasteiger partial charge in [0.05, 0.1) is 10.6 Å². The van der Waals surface area contributed by atoms with Crippen molar-refractivity contribution in [1.82, 2.24) is 0 Å². The van der Waals surface area contributed by atoms with Crippen LogP contribution in [0.15, 0.2) is 40.9 Å². The van der Waals surface area contributed by atoms with Crippen LogP contribution in [-0.2, 0) is 0 Å². The Morgan fingerprint density at radius 2 is 2.00 bits per heavy atom. The number of benzene rings is 2. The van der Waals surface area contributed by atoms with E-state index in [2.05, 4.69) is 21.2 Å². The van der Waals surface area contributed by atoms with E-state index in [1.165, 1.54) is 18.2 Å². The average Bonchev–Trinajstić information content (AvgIpc) is 2.42. The highest BCUT2D eigenvalue weighted by atomic mass is 79.9. The summed E-state index contributed by atoms with van der Waals surface area (Å²) in [6.45, 7) is 0. The second kappa shape index (κ2) is 6.11. The van der Waals surface area contributed by atoms with E-state index in [9.17, 15) is 14.9 Å². The van der Waals surface area contributed by atoms with Crippen molar-refractivity contribution in [2.24, 2.45) is 0 Å². The maximum atomic E-state index is 11.2. The monoisotopic (exact) mass is 370 g/mol. The van der Waals surface area contributed by atoms with Crippen LogP contribution in [0.4, 0.5) is 17.1 Å². The largest absolute Gasteiger partial charge is 0.477 e. The zero-order valence-electron chi connectivity index (χ0n) is 10.3. The molecule has 2 rings (SSSR count). The molecule has 0 amide bonds. The summed E-state index contributed by atoms with van der Waals surface area (Å²) in [4.78, 5) is 21.5. The van der Waals surface area contributed by atoms with Crippen molar-refractivity contribution in [3.8, 4) is 0 Å². The maximum Gasteiger partial charge on any atom is 0.342 e. The minimum absolute atomic E-state index is 0.0721. The zero-order valence-corrected chi connectivity index (χ0v) is 12.7. The number of aromatic carboxylic acids is 1. The quantitative estimate of drug-likeness (QED) is 0.612. The second-order valence-corrected chi connectivity index (χ2v) is 5.30. The lowest BCUT2D eigenvalue weighted by molar-refractivity contribution is -0.384. The van der Waals surface area contributed by atoms with Crippen molar-refractivity contribution in [2.45, 2.75) is 0 Å². The molecule has 0 fully saturated rings. The molecule has 0 aromatic heterocycles. The van der Waals surface area contributed by atoms with Crippen LogP contribution in [0.5, 0.6) is 0 Å². The molecule has 0 aliphatic rings. The number of anilines is 2. The molecule has 0 aliphatic carbocycles. The molecule has 0 spiro atoms. The molecule has 2 aromatic rings. The van der Waals surface area contributed by atoms with E-state index >= 15 is 0 Å². The van der Waals surface area contributed by atoms with Gasteiger partial charge in [0, 0.05) is 9.50 Å². The number of nitrogens with zero attached hydrogens (tertiary/aromatic N) is 1. The Morgan fingerprint density at radius 1 is 1.29 bits per heavy atom. The van der Waals surface area contributed by atoms with Crippen molar-refractivity contribution >= 4 is 50.6 Å². The highest BCUT2D eigenvalue weighted by molar-refractivity contribution is 9.10. The van der Waals surface area contributed by atoms with E-state index in [-0.39, 0.29) is 11.3 Å². The molecule has 0 bridgehead atoms. The molecular weight excluding hydrogens is 364 g/mol. The molecule has 0 aliphatic heterocycles. The minimum atomic E-state index is -1.37. The lowest BCUT2D eigenvalue weighted by atomic mass is 10.1. The lowest BCUT2D eigenvalue weighted by Crippen LogP contribution is -2.05. The Kier molecular flexibility index (Phi) is 4.44. The van der Waals surface area contributed by atoms with E-state index < -0.39 is 16.6 Å². The molecular formula is C13H8BrClN2O4. The highest BCUT2D eigenvalue weighted by Crippen LogP contribution is 2.34. The lowest BCUT2D eigenvalue weighted by Gasteiger charge is -2.10. The van der Waals surface area contributed by atoms with Crippen LogP contribution in [0.2, 0.25) is 5.02 Å². The molecule has 6 nitrogen and oxygen atoms in total. The number of carboxylic acids is 1. The molecule has 108 valence electrons. The molecule has 21 heavy (non-hydrogen) atoms. The van der Waals surface area contributed by atoms with Crippen molar-refractivity contribution in [1.29, 1.82) is 0 Å². The van der Waals surface area contributed by atoms with Gasteiger partial charge in [0.15, 0.2) is 0 Å². The molecule has 2 aromatic carbocycles. The summed E-state index contributed by atoms with van der Waals surface area (Å²) in [7, 11) is 0. The van der Waals surface area contributed by atoms with Gasteiger partial charge in [0.1, 0.15) is 11.3 Å². The number of nitrogens with one attached hydrogen (secondary N) is 1. The SMILES string of the molecule is O=C(O)c1cccc(Nc2cc(Cl)ccc2Br)c1[N+](=O)[O-]. The Morgan fingerprint density at radius 3 is 2.62 bits per heavy atom. The van der Waals surface area contributed by atoms with Gasteiger partial charge in [-0.25, -0.2) is 4.79 Å². The number of carbonyl (C=O) groups is 1. The smallest absolute Gasteiger partial charge is 0.342 e. The van der Waals surface area contributed by atoms with Crippen molar-refractivity contribution in [3.05, 3.63) is 61.6 Å². The fourth-order valence-electron chi connectivity index (χ4n) is 1.75. The number of nitro groups is 1. The van der Waals surface area contributed by atoms with Crippen molar-refractivity contribution in [3.63, 3.8) is 0 Å². The first kappa shape index (κ1) is 15.3. The van der Waals surface area contributed by atoms with Crippen LogP contribution in [0.25, 0.3) is 0 Å². The number of rotatable bonds is 4. The third kappa shape index (κ3) is 3.32. The van der Waals surface area contributed by atoms with Crippen LogP contribution in [0, 0.1) is 10.1 Å². The van der Waals surface area contributed by atoms with E-state index in [1.54, 1.807) is 18.2 Å². The first-order chi connectivity index (χ1) is 9.90. The van der Waals surface area contributed by atoms with Gasteiger partial charge < -0.3 is 10.4 Å². The van der Waals surface area contributed by atoms with Crippen LogP contribution in [-0.4, -0.2) is 16.0 Å². The predicted octanol–water partition coefficient (Wildman–Crippen LogP) is 4.45. The Hall–Kier alpha value is -2.12. The van der Waals surface area contributed by atoms with E-state index in [4.69, 9.17) is 16.7 Å². The Labute approximate surface area is 132 Å². The van der Waals surface area contributed by atoms with Crippen molar-refractivity contribution in [2.75, 3.05) is 5.32 Å². The van der Waals surface area contributed by atoms with E-state index in [0.717, 1.165) is 0 Å². The fourth-order valence-corrected chi connectivity index (χ4v) is 2.27. The summed E-state index contributed by atoms with van der Waals surface area (Å²) in [5.41, 5.74) is -0.323. The summed E-state index contributed by atoms with van der Waals surface area (Å²) in [6, 6.07) is 8.94. The summed E-state index contributed by atoms with van der Waals surface area (Å²) in [5.74, 6) is -1.37. The van der Waals surface area contributed by atoms with Crippen molar-refractivity contribution < 1.29 is 14.8 Å². The number of hydrogen-bond donors (Lipinski definition) is 2. The minimum Gasteiger partial charge on any atom is -0.477 e. The zero-order chi connectivity index (χ0) is 15.6. The summed E-state index contributed by atoms with van der Waals surface area (Å²) in [5, 5.41) is 23.5. The normalized spacial score (nSPS) is 10.2. The van der Waals surface area contributed by atoms with Gasteiger partial charge in [0.2, 0.25) is 0 Å². The van der Waals surface area contributed by atoms with Gasteiger partial charge in [-0.1, -0.05) is 17.7 Å². The second-order valence-electron chi connectivity index (χ2n) is 4.01. The Balaban J connectivity index is 2.54. The third-order valence-corrected chi connectivity index (χ3v) is 3.57. The summed E-state index contributed by atoms with van der Waals surface area (Å²) >= 11 is 9.17. The van der Waals surface area contributed by atoms with Crippen LogP contribution in [0.3, 0.4) is 0 Å². The first-order valence-corrected chi connectivity index (χ1v) is 6.80. The van der Waals surface area contributed by atoms with Gasteiger partial charge in [-0.3, -0.25) is 10.1 Å². The number of hydrogen-bond acceptors (Lipinski definition) is 4. The van der Waals surface area contributed by atoms with E-state index in [1.807, 2.05) is 0 Å². The Bertz CT molecular complexity index is 736. The maximum absolute atomic E-state index is 11.2. The summed E-state index contributed by atoms with van der Waals surface area (Å²) in [6.07, 6.45) is 0.